The number of carbonyl (C=O) groups excluding carboxylic acids is 1. The Bertz CT molecular complexity index is 879. The Balaban J connectivity index is 1.92. The average Bonchev–Trinajstić information content (AvgIpc) is 2.73. The molecule has 0 saturated carbocycles. The van der Waals surface area contributed by atoms with Gasteiger partial charge in [0.15, 0.2) is 0 Å². The van der Waals surface area contributed by atoms with Crippen molar-refractivity contribution in [1.82, 2.24) is 14.9 Å². The Morgan fingerprint density at radius 2 is 1.45 bits per heavy atom. The van der Waals surface area contributed by atoms with E-state index >= 15 is 0 Å². The van der Waals surface area contributed by atoms with E-state index in [0.29, 0.717) is 13.1 Å². The van der Waals surface area contributed by atoms with Crippen LogP contribution < -0.4 is 10.6 Å². The summed E-state index contributed by atoms with van der Waals surface area (Å²) in [6.45, 7) is 8.60. The van der Waals surface area contributed by atoms with Crippen molar-refractivity contribution in [2.45, 2.75) is 44.7 Å². The number of nitrogens with zero attached hydrogens (tertiary/aromatic N) is 1. The van der Waals surface area contributed by atoms with Crippen molar-refractivity contribution in [2.75, 3.05) is 19.6 Å². The zero-order chi connectivity index (χ0) is 21.4. The Labute approximate surface area is 174 Å². The Kier molecular flexibility index (Phi) is 8.37. The Morgan fingerprint density at radius 3 is 2.00 bits per heavy atom. The molecular formula is C22H31N3O3S. The molecule has 0 aliphatic rings. The fourth-order valence-corrected chi connectivity index (χ4v) is 4.58. The summed E-state index contributed by atoms with van der Waals surface area (Å²) < 4.78 is 26.6. The van der Waals surface area contributed by atoms with Crippen molar-refractivity contribution in [3.05, 3.63) is 65.7 Å². The van der Waals surface area contributed by atoms with Crippen molar-refractivity contribution in [2.24, 2.45) is 0 Å². The second-order valence-corrected chi connectivity index (χ2v) is 8.90. The van der Waals surface area contributed by atoms with Crippen LogP contribution in [0.15, 0.2) is 59.5 Å². The van der Waals surface area contributed by atoms with Crippen molar-refractivity contribution >= 4 is 15.9 Å². The van der Waals surface area contributed by atoms with E-state index in [1.807, 2.05) is 58.0 Å². The first-order valence-electron chi connectivity index (χ1n) is 9.97. The van der Waals surface area contributed by atoms with Crippen molar-refractivity contribution < 1.29 is 13.2 Å². The van der Waals surface area contributed by atoms with Gasteiger partial charge in [0.2, 0.25) is 15.9 Å². The van der Waals surface area contributed by atoms with Crippen LogP contribution in [0.2, 0.25) is 0 Å². The number of rotatable bonds is 10. The van der Waals surface area contributed by atoms with Gasteiger partial charge in [0.05, 0.1) is 17.5 Å². The van der Waals surface area contributed by atoms with Crippen molar-refractivity contribution in [1.29, 1.82) is 0 Å². The van der Waals surface area contributed by atoms with Crippen LogP contribution in [0, 0.1) is 0 Å². The monoisotopic (exact) mass is 417 g/mol. The number of sulfonamides is 1. The highest BCUT2D eigenvalue weighted by Crippen LogP contribution is 2.19. The van der Waals surface area contributed by atoms with Crippen LogP contribution in [-0.2, 0) is 14.8 Å². The topological polar surface area (TPSA) is 78.5 Å². The fourth-order valence-electron chi connectivity index (χ4n) is 3.12. The van der Waals surface area contributed by atoms with E-state index in [2.05, 4.69) is 10.6 Å². The van der Waals surface area contributed by atoms with E-state index in [0.717, 1.165) is 11.1 Å². The molecule has 29 heavy (non-hydrogen) atoms. The molecule has 0 aromatic heterocycles. The lowest BCUT2D eigenvalue weighted by Crippen LogP contribution is -2.36. The van der Waals surface area contributed by atoms with Crippen molar-refractivity contribution in [3.63, 3.8) is 0 Å². The van der Waals surface area contributed by atoms with Gasteiger partial charge < -0.3 is 10.6 Å². The molecule has 0 bridgehead atoms. The predicted molar refractivity (Wildman–Crippen MR) is 116 cm³/mol. The molecule has 2 rings (SSSR count). The first kappa shape index (κ1) is 23.1. The molecule has 2 atom stereocenters. The van der Waals surface area contributed by atoms with Crippen LogP contribution in [-0.4, -0.2) is 38.3 Å². The maximum atomic E-state index is 12.6. The van der Waals surface area contributed by atoms with Crippen LogP contribution in [0.4, 0.5) is 0 Å². The van der Waals surface area contributed by atoms with Gasteiger partial charge in [-0.1, -0.05) is 56.3 Å². The van der Waals surface area contributed by atoms with E-state index in [9.17, 15) is 13.2 Å². The smallest absolute Gasteiger partial charge is 0.243 e. The van der Waals surface area contributed by atoms with E-state index in [1.54, 1.807) is 24.3 Å². The summed E-state index contributed by atoms with van der Waals surface area (Å²) >= 11 is 0. The van der Waals surface area contributed by atoms with Crippen LogP contribution in [0.3, 0.4) is 0 Å². The normalized spacial score (nSPS) is 13.8. The first-order chi connectivity index (χ1) is 13.8. The lowest BCUT2D eigenvalue weighted by Gasteiger charge is -2.20. The predicted octanol–water partition coefficient (Wildman–Crippen LogP) is 3.25. The van der Waals surface area contributed by atoms with E-state index in [4.69, 9.17) is 0 Å². The molecule has 0 unspecified atom stereocenters. The highest BCUT2D eigenvalue weighted by atomic mass is 32.2. The molecule has 0 fully saturated rings. The standard InChI is InChI=1S/C22H31N3O3S/c1-5-25(6-2)29(27,28)21-14-12-20(13-15-21)17(3)23-16-22(26)24-18(4)19-10-8-7-9-11-19/h7-15,17-18,23H,5-6,16H2,1-4H3,(H,24,26)/t17-,18+/m1/s1. The number of benzene rings is 2. The summed E-state index contributed by atoms with van der Waals surface area (Å²) in [7, 11) is -3.46. The zero-order valence-electron chi connectivity index (χ0n) is 17.6. The van der Waals surface area contributed by atoms with E-state index < -0.39 is 10.0 Å². The van der Waals surface area contributed by atoms with Gasteiger partial charge in [-0.15, -0.1) is 0 Å². The van der Waals surface area contributed by atoms with Gasteiger partial charge in [-0.2, -0.15) is 4.31 Å². The third-order valence-electron chi connectivity index (χ3n) is 4.97. The number of hydrogen-bond donors (Lipinski definition) is 2. The van der Waals surface area contributed by atoms with Gasteiger partial charge >= 0.3 is 0 Å². The molecule has 0 heterocycles. The van der Waals surface area contributed by atoms with Gasteiger partial charge in [0.1, 0.15) is 0 Å². The summed E-state index contributed by atoms with van der Waals surface area (Å²) in [5, 5.41) is 6.16. The third-order valence-corrected chi connectivity index (χ3v) is 7.03. The van der Waals surface area contributed by atoms with Gasteiger partial charge in [0, 0.05) is 19.1 Å². The highest BCUT2D eigenvalue weighted by Gasteiger charge is 2.21. The molecule has 0 saturated heterocycles. The molecule has 0 aliphatic heterocycles. The molecule has 0 aliphatic carbocycles. The zero-order valence-corrected chi connectivity index (χ0v) is 18.4. The summed E-state index contributed by atoms with van der Waals surface area (Å²) in [4.78, 5) is 12.5. The second-order valence-electron chi connectivity index (χ2n) is 6.96. The van der Waals surface area contributed by atoms with Gasteiger partial charge in [-0.05, 0) is 37.1 Å². The molecule has 2 N–H and O–H groups in total. The fraction of sp³-hybridized carbons (Fsp3) is 0.409. The maximum Gasteiger partial charge on any atom is 0.243 e. The quantitative estimate of drug-likeness (QED) is 0.622. The van der Waals surface area contributed by atoms with E-state index in [1.165, 1.54) is 4.31 Å². The van der Waals surface area contributed by atoms with Gasteiger partial charge in [-0.25, -0.2) is 8.42 Å². The Hall–Kier alpha value is -2.22. The Morgan fingerprint density at radius 1 is 0.897 bits per heavy atom. The van der Waals surface area contributed by atoms with Crippen LogP contribution in [0.5, 0.6) is 0 Å². The maximum absolute atomic E-state index is 12.6. The molecule has 7 heteroatoms. The summed E-state index contributed by atoms with van der Waals surface area (Å²) in [5.41, 5.74) is 1.98. The first-order valence-corrected chi connectivity index (χ1v) is 11.4. The second kappa shape index (κ2) is 10.5. The summed E-state index contributed by atoms with van der Waals surface area (Å²) in [5.74, 6) is -0.0889. The number of carbonyl (C=O) groups is 1. The molecule has 2 aromatic carbocycles. The van der Waals surface area contributed by atoms with Crippen LogP contribution in [0.1, 0.15) is 50.9 Å². The largest absolute Gasteiger partial charge is 0.348 e. The number of hydrogen-bond acceptors (Lipinski definition) is 4. The van der Waals surface area contributed by atoms with Gasteiger partial charge in [-0.3, -0.25) is 4.79 Å². The number of nitrogens with one attached hydrogen (secondary N) is 2. The van der Waals surface area contributed by atoms with Crippen LogP contribution in [0.25, 0.3) is 0 Å². The average molecular weight is 418 g/mol. The SMILES string of the molecule is CCN(CC)S(=O)(=O)c1ccc([C@@H](C)NCC(=O)N[C@@H](C)c2ccccc2)cc1. The molecule has 0 spiro atoms. The number of amides is 1. The minimum Gasteiger partial charge on any atom is -0.348 e. The minimum absolute atomic E-state index is 0.0645. The molecule has 2 aromatic rings. The minimum atomic E-state index is -3.46. The third kappa shape index (κ3) is 6.13. The molecule has 1 amide bonds. The van der Waals surface area contributed by atoms with E-state index in [-0.39, 0.29) is 29.4 Å². The lowest BCUT2D eigenvalue weighted by atomic mass is 10.1. The highest BCUT2D eigenvalue weighted by molar-refractivity contribution is 7.89. The van der Waals surface area contributed by atoms with Crippen molar-refractivity contribution in [3.8, 4) is 0 Å². The van der Waals surface area contributed by atoms with Gasteiger partial charge in [0.25, 0.3) is 0 Å². The molecule has 158 valence electrons. The lowest BCUT2D eigenvalue weighted by molar-refractivity contribution is -0.121. The molecule has 0 radical (unpaired) electrons. The summed E-state index contributed by atoms with van der Waals surface area (Å²) in [6.07, 6.45) is 0. The molecule has 6 nitrogen and oxygen atoms in total. The summed E-state index contributed by atoms with van der Waals surface area (Å²) in [6, 6.07) is 16.5. The van der Waals surface area contributed by atoms with Crippen LogP contribution >= 0.6 is 0 Å². The molecular weight excluding hydrogens is 386 g/mol.